The van der Waals surface area contributed by atoms with Crippen molar-refractivity contribution in [3.63, 3.8) is 0 Å². The van der Waals surface area contributed by atoms with Gasteiger partial charge in [0.05, 0.1) is 11.2 Å². The summed E-state index contributed by atoms with van der Waals surface area (Å²) >= 11 is 0. The lowest BCUT2D eigenvalue weighted by Gasteiger charge is -2.56. The van der Waals surface area contributed by atoms with Crippen molar-refractivity contribution in [1.82, 2.24) is 30.3 Å². The summed E-state index contributed by atoms with van der Waals surface area (Å²) in [4.78, 5) is 43.1. The largest absolute Gasteiger partial charge is 0.359 e. The highest BCUT2D eigenvalue weighted by molar-refractivity contribution is 5.98. The van der Waals surface area contributed by atoms with E-state index in [0.717, 1.165) is 80.7 Å². The van der Waals surface area contributed by atoms with Crippen LogP contribution in [0.1, 0.15) is 93.6 Å². The fourth-order valence-electron chi connectivity index (χ4n) is 8.78. The summed E-state index contributed by atoms with van der Waals surface area (Å²) in [7, 11) is 1.62. The Morgan fingerprint density at radius 2 is 1.71 bits per heavy atom. The number of carbonyl (C=O) groups is 3. The predicted molar refractivity (Wildman–Crippen MR) is 187 cm³/mol. The van der Waals surface area contributed by atoms with Gasteiger partial charge in [-0.1, -0.05) is 25.3 Å². The van der Waals surface area contributed by atoms with Gasteiger partial charge in [-0.2, -0.15) is 0 Å². The fourth-order valence-corrected chi connectivity index (χ4v) is 8.78. The third-order valence-corrected chi connectivity index (χ3v) is 11.8. The summed E-state index contributed by atoms with van der Waals surface area (Å²) in [6.45, 7) is 4.56. The monoisotopic (exact) mass is 654 g/mol. The molecule has 1 aromatic carbocycles. The predicted octanol–water partition coefficient (Wildman–Crippen LogP) is 4.68. The second-order valence-electron chi connectivity index (χ2n) is 14.6. The topological polar surface area (TPSA) is 116 Å². The van der Waals surface area contributed by atoms with Gasteiger partial charge in [-0.15, -0.1) is 10.2 Å². The summed E-state index contributed by atoms with van der Waals surface area (Å²) in [5, 5.41) is 15.6. The van der Waals surface area contributed by atoms with E-state index in [1.54, 1.807) is 11.9 Å². The smallest absolute Gasteiger partial charge is 0.272 e. The molecule has 4 aliphatic rings. The molecule has 4 fully saturated rings. The number of nitrogens with zero attached hydrogens (tertiary/aromatic N) is 6. The number of piperidine rings is 2. The van der Waals surface area contributed by atoms with Crippen LogP contribution in [-0.2, 0) is 9.59 Å². The van der Waals surface area contributed by atoms with E-state index in [9.17, 15) is 14.4 Å². The van der Waals surface area contributed by atoms with Gasteiger partial charge in [-0.25, -0.2) is 0 Å². The number of benzene rings is 1. The third kappa shape index (κ3) is 6.79. The first-order chi connectivity index (χ1) is 23.4. The molecule has 1 spiro atoms. The highest BCUT2D eigenvalue weighted by Gasteiger charge is 2.48. The van der Waals surface area contributed by atoms with E-state index in [0.29, 0.717) is 29.7 Å². The number of anilines is 2. The van der Waals surface area contributed by atoms with Crippen LogP contribution in [0.3, 0.4) is 0 Å². The molecule has 0 atom stereocenters. The highest BCUT2D eigenvalue weighted by Crippen LogP contribution is 2.52. The molecule has 3 aromatic rings. The lowest BCUT2D eigenvalue weighted by molar-refractivity contribution is -0.120. The number of amides is 3. The number of rotatable bonds is 10. The minimum Gasteiger partial charge on any atom is -0.359 e. The van der Waals surface area contributed by atoms with Gasteiger partial charge in [-0.3, -0.25) is 14.4 Å². The van der Waals surface area contributed by atoms with Gasteiger partial charge in [0.15, 0.2) is 11.5 Å². The van der Waals surface area contributed by atoms with Crippen LogP contribution >= 0.6 is 0 Å². The Labute approximate surface area is 283 Å². The zero-order valence-electron chi connectivity index (χ0n) is 28.3. The number of hydrogen-bond acceptors (Lipinski definition) is 7. The summed E-state index contributed by atoms with van der Waals surface area (Å²) in [5.74, 6) is 0.703. The van der Waals surface area contributed by atoms with E-state index in [2.05, 4.69) is 53.5 Å². The molecular formula is C37H50N8O3. The molecular weight excluding hydrogens is 604 g/mol. The van der Waals surface area contributed by atoms with Crippen LogP contribution in [-0.4, -0.2) is 89.7 Å². The first-order valence-electron chi connectivity index (χ1n) is 18.1. The van der Waals surface area contributed by atoms with E-state index in [4.69, 9.17) is 0 Å². The zero-order valence-corrected chi connectivity index (χ0v) is 28.3. The summed E-state index contributed by atoms with van der Waals surface area (Å²) in [6.07, 6.45) is 16.2. The molecule has 4 heterocycles. The Morgan fingerprint density at radius 3 is 2.40 bits per heavy atom. The van der Waals surface area contributed by atoms with Crippen LogP contribution in [0.4, 0.5) is 11.5 Å². The number of nitrogens with one attached hydrogen (secondary N) is 2. The molecule has 2 aromatic heterocycles. The van der Waals surface area contributed by atoms with E-state index in [1.165, 1.54) is 44.9 Å². The molecule has 2 N–H and O–H groups in total. The normalized spacial score (nSPS) is 20.8. The van der Waals surface area contributed by atoms with E-state index >= 15 is 0 Å². The molecule has 11 heteroatoms. The van der Waals surface area contributed by atoms with Gasteiger partial charge in [0, 0.05) is 75.9 Å². The maximum Gasteiger partial charge on any atom is 0.272 e. The van der Waals surface area contributed by atoms with E-state index in [-0.39, 0.29) is 24.3 Å². The standard InChI is InChI=1S/C37H50N8O3/c1-38-35(47)15-20-44(26-46)32-8-5-9-33-30(32)14-21-45(33)28-12-18-42(19-13-28)29-24-37(25-29)16-22-43(23-17-37)34-11-10-31(40-41-34)36(48)39-27-6-3-2-4-7-27/h5,8-11,14,21,26-29H,2-4,6-7,12-13,15-20,22-25H2,1H3,(H,38,47)(H,39,48). The molecule has 48 heavy (non-hydrogen) atoms. The lowest BCUT2D eigenvalue weighted by Crippen LogP contribution is -2.56. The van der Waals surface area contributed by atoms with Crippen molar-refractivity contribution in [1.29, 1.82) is 0 Å². The van der Waals surface area contributed by atoms with Crippen molar-refractivity contribution in [2.45, 2.75) is 95.2 Å². The van der Waals surface area contributed by atoms with Crippen molar-refractivity contribution >= 4 is 40.6 Å². The Balaban J connectivity index is 0.879. The van der Waals surface area contributed by atoms with Crippen molar-refractivity contribution in [2.24, 2.45) is 5.41 Å². The fraction of sp³-hybridized carbons (Fsp3) is 0.595. The summed E-state index contributed by atoms with van der Waals surface area (Å²) < 4.78 is 2.40. The SMILES string of the molecule is CNC(=O)CCN(C=O)c1cccc2c1ccn2C1CCN(C2CC3(CCN(c4ccc(C(=O)NC5CCCCC5)nn4)CC3)C2)CC1. The van der Waals surface area contributed by atoms with Crippen LogP contribution in [0.25, 0.3) is 10.9 Å². The summed E-state index contributed by atoms with van der Waals surface area (Å²) in [6, 6.07) is 13.4. The Morgan fingerprint density at radius 1 is 0.938 bits per heavy atom. The zero-order chi connectivity index (χ0) is 33.1. The second-order valence-corrected chi connectivity index (χ2v) is 14.6. The van der Waals surface area contributed by atoms with Gasteiger partial charge in [0.1, 0.15) is 0 Å². The van der Waals surface area contributed by atoms with E-state index < -0.39 is 0 Å². The first-order valence-corrected chi connectivity index (χ1v) is 18.1. The molecule has 0 unspecified atom stereocenters. The van der Waals surface area contributed by atoms with Crippen molar-refractivity contribution in [3.05, 3.63) is 48.3 Å². The molecule has 0 bridgehead atoms. The van der Waals surface area contributed by atoms with Crippen molar-refractivity contribution < 1.29 is 14.4 Å². The number of carbonyl (C=O) groups excluding carboxylic acids is 3. The summed E-state index contributed by atoms with van der Waals surface area (Å²) in [5.41, 5.74) is 2.86. The van der Waals surface area contributed by atoms with Gasteiger partial charge < -0.3 is 29.9 Å². The molecule has 3 amide bonds. The van der Waals surface area contributed by atoms with Crippen LogP contribution in [0.2, 0.25) is 0 Å². The van der Waals surface area contributed by atoms with Crippen molar-refractivity contribution in [3.8, 4) is 0 Å². The third-order valence-electron chi connectivity index (χ3n) is 11.8. The van der Waals surface area contributed by atoms with Crippen LogP contribution < -0.4 is 20.4 Å². The van der Waals surface area contributed by atoms with Gasteiger partial charge in [0.2, 0.25) is 12.3 Å². The minimum absolute atomic E-state index is 0.0748. The van der Waals surface area contributed by atoms with Crippen LogP contribution in [0.15, 0.2) is 42.6 Å². The van der Waals surface area contributed by atoms with Gasteiger partial charge >= 0.3 is 0 Å². The Hall–Kier alpha value is -3.99. The number of hydrogen-bond donors (Lipinski definition) is 2. The number of fused-ring (bicyclic) bond motifs is 1. The van der Waals surface area contributed by atoms with Gasteiger partial charge in [-0.05, 0) is 87.1 Å². The minimum atomic E-state index is -0.101. The molecule has 2 aliphatic carbocycles. The quantitative estimate of drug-likeness (QED) is 0.305. The molecule has 2 saturated heterocycles. The van der Waals surface area contributed by atoms with Gasteiger partial charge in [0.25, 0.3) is 5.91 Å². The highest BCUT2D eigenvalue weighted by atomic mass is 16.2. The van der Waals surface area contributed by atoms with E-state index in [1.807, 2.05) is 24.3 Å². The molecule has 256 valence electrons. The average Bonchev–Trinajstić information content (AvgIpc) is 3.56. The molecule has 7 rings (SSSR count). The number of aromatic nitrogens is 3. The molecule has 0 radical (unpaired) electrons. The molecule has 2 saturated carbocycles. The molecule has 11 nitrogen and oxygen atoms in total. The lowest BCUT2D eigenvalue weighted by atomic mass is 9.60. The molecule has 2 aliphatic heterocycles. The van der Waals surface area contributed by atoms with Crippen LogP contribution in [0.5, 0.6) is 0 Å². The Kier molecular flexibility index (Phi) is 9.66. The second kappa shape index (κ2) is 14.2. The van der Waals surface area contributed by atoms with Crippen molar-refractivity contribution in [2.75, 3.05) is 49.6 Å². The maximum atomic E-state index is 12.7. The average molecular weight is 655 g/mol. The van der Waals surface area contributed by atoms with Crippen LogP contribution in [0, 0.1) is 5.41 Å². The maximum absolute atomic E-state index is 12.7. The first kappa shape index (κ1) is 32.6. The number of likely N-dealkylation sites (tertiary alicyclic amines) is 1. The Bertz CT molecular complexity index is 1580.